The molecular formula is C16H21BrN2O2. The smallest absolute Gasteiger partial charge is 0.119 e. The highest BCUT2D eigenvalue weighted by Gasteiger charge is 2.16. The Morgan fingerprint density at radius 3 is 2.81 bits per heavy atom. The summed E-state index contributed by atoms with van der Waals surface area (Å²) < 4.78 is 8.14. The molecule has 2 rings (SSSR count). The van der Waals surface area contributed by atoms with Gasteiger partial charge in [0.15, 0.2) is 0 Å². The van der Waals surface area contributed by atoms with E-state index in [0.29, 0.717) is 12.8 Å². The zero-order valence-corrected chi connectivity index (χ0v) is 14.2. The standard InChI is InChI=1S/C16H21BrN2O2/c1-4-19-15(16(17)11(2)18-19)10-13(20)8-12-6-5-7-14(9-12)21-3/h5-7,9,13,20H,4,8,10H2,1-3H3. The fourth-order valence-electron chi connectivity index (χ4n) is 2.43. The molecule has 0 bridgehead atoms. The van der Waals surface area contributed by atoms with Crippen LogP contribution in [-0.4, -0.2) is 28.1 Å². The monoisotopic (exact) mass is 352 g/mol. The van der Waals surface area contributed by atoms with Crippen molar-refractivity contribution in [3.8, 4) is 5.75 Å². The third kappa shape index (κ3) is 3.86. The minimum atomic E-state index is -0.449. The zero-order chi connectivity index (χ0) is 15.4. The Morgan fingerprint density at radius 1 is 1.38 bits per heavy atom. The Hall–Kier alpha value is -1.33. The summed E-state index contributed by atoms with van der Waals surface area (Å²) in [6, 6.07) is 7.81. The molecule has 1 aromatic heterocycles. The van der Waals surface area contributed by atoms with Crippen LogP contribution in [0.25, 0.3) is 0 Å². The first-order chi connectivity index (χ1) is 10.0. The maximum Gasteiger partial charge on any atom is 0.119 e. The number of aromatic nitrogens is 2. The van der Waals surface area contributed by atoms with Crippen LogP contribution in [0.5, 0.6) is 5.75 Å². The van der Waals surface area contributed by atoms with Crippen LogP contribution in [0, 0.1) is 6.92 Å². The molecule has 0 saturated carbocycles. The molecule has 0 aliphatic heterocycles. The number of ether oxygens (including phenoxy) is 1. The van der Waals surface area contributed by atoms with Gasteiger partial charge in [-0.15, -0.1) is 0 Å². The summed E-state index contributed by atoms with van der Waals surface area (Å²) >= 11 is 3.56. The van der Waals surface area contributed by atoms with Crippen molar-refractivity contribution >= 4 is 15.9 Å². The highest BCUT2D eigenvalue weighted by Crippen LogP contribution is 2.23. The van der Waals surface area contributed by atoms with Crippen LogP contribution in [0.2, 0.25) is 0 Å². The van der Waals surface area contributed by atoms with Crippen LogP contribution in [0.3, 0.4) is 0 Å². The van der Waals surface area contributed by atoms with Gasteiger partial charge in [0.05, 0.1) is 29.1 Å². The van der Waals surface area contributed by atoms with Crippen molar-refractivity contribution < 1.29 is 9.84 Å². The number of hydrogen-bond donors (Lipinski definition) is 1. The number of halogens is 1. The average Bonchev–Trinajstić information content (AvgIpc) is 2.75. The van der Waals surface area contributed by atoms with Crippen molar-refractivity contribution in [2.45, 2.75) is 39.3 Å². The van der Waals surface area contributed by atoms with Crippen molar-refractivity contribution in [1.29, 1.82) is 0 Å². The first kappa shape index (κ1) is 16.0. The van der Waals surface area contributed by atoms with Gasteiger partial charge in [0.2, 0.25) is 0 Å². The van der Waals surface area contributed by atoms with Gasteiger partial charge in [0, 0.05) is 13.0 Å². The lowest BCUT2D eigenvalue weighted by Gasteiger charge is -2.13. The molecule has 5 heteroatoms. The highest BCUT2D eigenvalue weighted by atomic mass is 79.9. The molecule has 4 nitrogen and oxygen atoms in total. The lowest BCUT2D eigenvalue weighted by molar-refractivity contribution is 0.172. The zero-order valence-electron chi connectivity index (χ0n) is 12.6. The van der Waals surface area contributed by atoms with Crippen molar-refractivity contribution in [2.75, 3.05) is 7.11 Å². The van der Waals surface area contributed by atoms with Gasteiger partial charge in [0.1, 0.15) is 5.75 Å². The van der Waals surface area contributed by atoms with Crippen LogP contribution in [0.4, 0.5) is 0 Å². The number of nitrogens with zero attached hydrogens (tertiary/aromatic N) is 2. The normalized spacial score (nSPS) is 12.4. The van der Waals surface area contributed by atoms with Crippen LogP contribution < -0.4 is 4.74 Å². The quantitative estimate of drug-likeness (QED) is 0.868. The fourth-order valence-corrected chi connectivity index (χ4v) is 2.88. The Kier molecular flexibility index (Phi) is 5.42. The van der Waals surface area contributed by atoms with Crippen LogP contribution in [-0.2, 0) is 19.4 Å². The number of aliphatic hydroxyl groups is 1. The van der Waals surface area contributed by atoms with E-state index in [1.807, 2.05) is 35.9 Å². The first-order valence-electron chi connectivity index (χ1n) is 7.08. The number of hydrogen-bond acceptors (Lipinski definition) is 3. The molecule has 21 heavy (non-hydrogen) atoms. The third-order valence-corrected chi connectivity index (χ3v) is 4.52. The van der Waals surface area contributed by atoms with Crippen LogP contribution in [0.15, 0.2) is 28.7 Å². The topological polar surface area (TPSA) is 47.3 Å². The SMILES string of the molecule is CCn1nc(C)c(Br)c1CC(O)Cc1cccc(OC)c1. The maximum atomic E-state index is 10.4. The van der Waals surface area contributed by atoms with E-state index in [-0.39, 0.29) is 0 Å². The van der Waals surface area contributed by atoms with E-state index in [4.69, 9.17) is 4.74 Å². The lowest BCUT2D eigenvalue weighted by Crippen LogP contribution is -2.17. The Labute approximate surface area is 133 Å². The van der Waals surface area contributed by atoms with Gasteiger partial charge in [-0.1, -0.05) is 12.1 Å². The molecule has 1 heterocycles. The third-order valence-electron chi connectivity index (χ3n) is 3.49. The molecule has 2 aromatic rings. The summed E-state index contributed by atoms with van der Waals surface area (Å²) in [6.45, 7) is 4.82. The van der Waals surface area contributed by atoms with Gasteiger partial charge >= 0.3 is 0 Å². The molecule has 1 N–H and O–H groups in total. The largest absolute Gasteiger partial charge is 0.497 e. The number of aliphatic hydroxyl groups excluding tert-OH is 1. The molecule has 1 atom stereocenters. The molecule has 1 aromatic carbocycles. The van der Waals surface area contributed by atoms with Crippen molar-refractivity contribution in [3.63, 3.8) is 0 Å². The highest BCUT2D eigenvalue weighted by molar-refractivity contribution is 9.10. The van der Waals surface area contributed by atoms with E-state index >= 15 is 0 Å². The minimum Gasteiger partial charge on any atom is -0.497 e. The first-order valence-corrected chi connectivity index (χ1v) is 7.87. The van der Waals surface area contributed by atoms with Gasteiger partial charge in [-0.2, -0.15) is 5.10 Å². The van der Waals surface area contributed by atoms with E-state index in [9.17, 15) is 5.11 Å². The number of rotatable bonds is 6. The fraction of sp³-hybridized carbons (Fsp3) is 0.438. The number of methoxy groups -OCH3 is 1. The van der Waals surface area contributed by atoms with Crippen LogP contribution in [0.1, 0.15) is 23.9 Å². The van der Waals surface area contributed by atoms with Gasteiger partial charge in [-0.05, 0) is 53.9 Å². The minimum absolute atomic E-state index is 0.449. The van der Waals surface area contributed by atoms with Gasteiger partial charge < -0.3 is 9.84 Å². The second-order valence-corrected chi connectivity index (χ2v) is 5.87. The second kappa shape index (κ2) is 7.09. The Morgan fingerprint density at radius 2 is 2.14 bits per heavy atom. The second-order valence-electron chi connectivity index (χ2n) is 5.08. The van der Waals surface area contributed by atoms with Crippen molar-refractivity contribution in [1.82, 2.24) is 9.78 Å². The predicted molar refractivity (Wildman–Crippen MR) is 86.7 cm³/mol. The van der Waals surface area contributed by atoms with Crippen LogP contribution >= 0.6 is 15.9 Å². The summed E-state index contributed by atoms with van der Waals surface area (Å²) in [7, 11) is 1.65. The molecule has 0 radical (unpaired) electrons. The molecule has 114 valence electrons. The lowest BCUT2D eigenvalue weighted by atomic mass is 10.0. The Balaban J connectivity index is 2.09. The molecule has 0 amide bonds. The molecular weight excluding hydrogens is 332 g/mol. The van der Waals surface area contributed by atoms with E-state index in [1.165, 1.54) is 0 Å². The summed E-state index contributed by atoms with van der Waals surface area (Å²) in [5, 5.41) is 14.8. The summed E-state index contributed by atoms with van der Waals surface area (Å²) in [6.07, 6.45) is 0.721. The summed E-state index contributed by atoms with van der Waals surface area (Å²) in [4.78, 5) is 0. The average molecular weight is 353 g/mol. The van der Waals surface area contributed by atoms with E-state index in [0.717, 1.165) is 33.7 Å². The molecule has 0 aliphatic carbocycles. The molecule has 1 unspecified atom stereocenters. The molecule has 0 fully saturated rings. The van der Waals surface area contributed by atoms with Crippen molar-refractivity contribution in [3.05, 3.63) is 45.7 Å². The number of aryl methyl sites for hydroxylation is 2. The van der Waals surface area contributed by atoms with E-state index in [1.54, 1.807) is 7.11 Å². The summed E-state index contributed by atoms with van der Waals surface area (Å²) in [5.41, 5.74) is 3.07. The van der Waals surface area contributed by atoms with E-state index in [2.05, 4.69) is 28.0 Å². The predicted octanol–water partition coefficient (Wildman–Crippen LogP) is 3.13. The Bertz CT molecular complexity index is 610. The maximum absolute atomic E-state index is 10.4. The van der Waals surface area contributed by atoms with Gasteiger partial charge in [0.25, 0.3) is 0 Å². The van der Waals surface area contributed by atoms with Gasteiger partial charge in [-0.25, -0.2) is 0 Å². The molecule has 0 spiro atoms. The summed E-state index contributed by atoms with van der Waals surface area (Å²) in [5.74, 6) is 0.815. The van der Waals surface area contributed by atoms with E-state index < -0.39 is 6.10 Å². The van der Waals surface area contributed by atoms with Gasteiger partial charge in [-0.3, -0.25) is 4.68 Å². The molecule has 0 saturated heterocycles. The number of benzene rings is 1. The molecule has 0 aliphatic rings. The van der Waals surface area contributed by atoms with Crippen molar-refractivity contribution in [2.24, 2.45) is 0 Å².